The number of carbonyl (C=O) groups excluding carboxylic acids is 1. The molecule has 2 aliphatic rings. The highest BCUT2D eigenvalue weighted by atomic mass is 16.8. The molecule has 128 valence electrons. The number of ether oxygens (including phenoxy) is 5. The molecule has 5 atom stereocenters. The summed E-state index contributed by atoms with van der Waals surface area (Å²) in [5, 5.41) is 0. The second-order valence-electron chi connectivity index (χ2n) is 6.31. The van der Waals surface area contributed by atoms with Crippen LogP contribution in [-0.4, -0.2) is 75.1 Å². The maximum absolute atomic E-state index is 11.9. The van der Waals surface area contributed by atoms with Gasteiger partial charge in [-0.15, -0.1) is 0 Å². The molecule has 2 fully saturated rings. The number of hydrogen-bond acceptors (Lipinski definition) is 7. The van der Waals surface area contributed by atoms with Gasteiger partial charge in [-0.1, -0.05) is 0 Å². The van der Waals surface area contributed by atoms with E-state index in [0.717, 1.165) is 0 Å². The Labute approximate surface area is 131 Å². The highest BCUT2D eigenvalue weighted by Gasteiger charge is 2.57. The van der Waals surface area contributed by atoms with Crippen molar-refractivity contribution in [1.29, 1.82) is 0 Å². The van der Waals surface area contributed by atoms with Crippen LogP contribution in [0.25, 0.3) is 0 Å². The first-order chi connectivity index (χ1) is 10.3. The fraction of sp³-hybridized carbons (Fsp3) is 0.933. The third kappa shape index (κ3) is 3.60. The van der Waals surface area contributed by atoms with E-state index >= 15 is 0 Å². The molecule has 0 aromatic carbocycles. The average Bonchev–Trinajstić information content (AvgIpc) is 2.87. The molecule has 0 bridgehead atoms. The van der Waals surface area contributed by atoms with Gasteiger partial charge in [0.25, 0.3) is 0 Å². The Bertz CT molecular complexity index is 399. The molecule has 0 aromatic heterocycles. The average molecular weight is 317 g/mol. The van der Waals surface area contributed by atoms with Crippen molar-refractivity contribution >= 4 is 5.97 Å². The maximum Gasteiger partial charge on any atom is 0.307 e. The Morgan fingerprint density at radius 2 is 2.00 bits per heavy atom. The zero-order valence-electron chi connectivity index (χ0n) is 14.2. The molecule has 7 heteroatoms. The van der Waals surface area contributed by atoms with E-state index in [1.807, 2.05) is 32.8 Å². The minimum absolute atomic E-state index is 0.176. The fourth-order valence-electron chi connectivity index (χ4n) is 3.07. The lowest BCUT2D eigenvalue weighted by Crippen LogP contribution is -2.49. The van der Waals surface area contributed by atoms with Gasteiger partial charge in [0.05, 0.1) is 13.0 Å². The number of carbonyl (C=O) groups is 1. The van der Waals surface area contributed by atoms with Gasteiger partial charge in [-0.2, -0.15) is 0 Å². The van der Waals surface area contributed by atoms with Gasteiger partial charge in [0.1, 0.15) is 18.3 Å². The molecule has 0 aromatic rings. The zero-order chi connectivity index (χ0) is 16.5. The number of methoxy groups -OCH3 is 1. The SMILES string of the molecule is CCOC(=O)C[C@@H]([C@H]1O[C@@H]2OC(C)(C)O[C@@H]2[C@H]1OC)N(C)C. The molecule has 0 unspecified atom stereocenters. The summed E-state index contributed by atoms with van der Waals surface area (Å²) < 4.78 is 28.3. The van der Waals surface area contributed by atoms with Crippen LogP contribution in [0, 0.1) is 0 Å². The van der Waals surface area contributed by atoms with E-state index < -0.39 is 12.1 Å². The van der Waals surface area contributed by atoms with E-state index in [1.54, 1.807) is 14.0 Å². The number of likely N-dealkylation sites (N-methyl/N-ethyl adjacent to an activating group) is 1. The van der Waals surface area contributed by atoms with E-state index in [9.17, 15) is 4.79 Å². The summed E-state index contributed by atoms with van der Waals surface area (Å²) in [7, 11) is 5.43. The van der Waals surface area contributed by atoms with Gasteiger partial charge < -0.3 is 28.6 Å². The number of fused-ring (bicyclic) bond motifs is 1. The van der Waals surface area contributed by atoms with Crippen LogP contribution in [0.4, 0.5) is 0 Å². The fourth-order valence-corrected chi connectivity index (χ4v) is 3.07. The molecule has 0 amide bonds. The first kappa shape index (κ1) is 17.6. The van der Waals surface area contributed by atoms with Crippen LogP contribution in [-0.2, 0) is 28.5 Å². The third-order valence-corrected chi connectivity index (χ3v) is 4.02. The van der Waals surface area contributed by atoms with Crippen molar-refractivity contribution in [2.24, 2.45) is 0 Å². The Kier molecular flexibility index (Phi) is 5.45. The summed E-state index contributed by atoms with van der Waals surface area (Å²) in [5.41, 5.74) is 0. The van der Waals surface area contributed by atoms with Crippen LogP contribution in [0.5, 0.6) is 0 Å². The molecular formula is C15H27NO6. The summed E-state index contributed by atoms with van der Waals surface area (Å²) >= 11 is 0. The highest BCUT2D eigenvalue weighted by Crippen LogP contribution is 2.40. The first-order valence-electron chi connectivity index (χ1n) is 7.65. The van der Waals surface area contributed by atoms with Crippen molar-refractivity contribution < 1.29 is 28.5 Å². The predicted octanol–water partition coefficient (Wildman–Crippen LogP) is 0.761. The standard InChI is InChI=1S/C15H27NO6/c1-7-19-10(17)8-9(16(4)5)11-12(18-6)13-14(20-11)22-15(2,3)21-13/h9,11-14H,7-8H2,1-6H3/t9-,11+,12-,13+,14+/m0/s1. The second-order valence-corrected chi connectivity index (χ2v) is 6.31. The molecule has 2 heterocycles. The molecule has 2 rings (SSSR count). The Morgan fingerprint density at radius 3 is 2.55 bits per heavy atom. The monoisotopic (exact) mass is 317 g/mol. The van der Waals surface area contributed by atoms with Crippen molar-refractivity contribution in [3.63, 3.8) is 0 Å². The molecule has 0 saturated carbocycles. The van der Waals surface area contributed by atoms with Crippen molar-refractivity contribution in [3.8, 4) is 0 Å². The summed E-state index contributed by atoms with van der Waals surface area (Å²) in [6.07, 6.45) is -1.16. The lowest BCUT2D eigenvalue weighted by Gasteiger charge is -2.33. The van der Waals surface area contributed by atoms with E-state index in [0.29, 0.717) is 6.61 Å². The van der Waals surface area contributed by atoms with Crippen molar-refractivity contribution in [3.05, 3.63) is 0 Å². The second kappa shape index (κ2) is 6.80. The number of rotatable bonds is 6. The molecular weight excluding hydrogens is 290 g/mol. The number of hydrogen-bond donors (Lipinski definition) is 0. The summed E-state index contributed by atoms with van der Waals surface area (Å²) in [5.74, 6) is -0.940. The molecule has 7 nitrogen and oxygen atoms in total. The van der Waals surface area contributed by atoms with Gasteiger partial charge in [0, 0.05) is 13.2 Å². The minimum Gasteiger partial charge on any atom is -0.466 e. The smallest absolute Gasteiger partial charge is 0.307 e. The van der Waals surface area contributed by atoms with Crippen LogP contribution in [0.15, 0.2) is 0 Å². The molecule has 2 saturated heterocycles. The van der Waals surface area contributed by atoms with Crippen molar-refractivity contribution in [2.75, 3.05) is 27.8 Å². The van der Waals surface area contributed by atoms with Crippen LogP contribution in [0.3, 0.4) is 0 Å². The third-order valence-electron chi connectivity index (χ3n) is 4.02. The van der Waals surface area contributed by atoms with E-state index in [2.05, 4.69) is 0 Å². The van der Waals surface area contributed by atoms with Crippen LogP contribution < -0.4 is 0 Å². The van der Waals surface area contributed by atoms with Gasteiger partial charge in [-0.05, 0) is 34.9 Å². The van der Waals surface area contributed by atoms with Crippen LogP contribution >= 0.6 is 0 Å². The van der Waals surface area contributed by atoms with Crippen molar-refractivity contribution in [1.82, 2.24) is 4.90 Å². The molecule has 0 aliphatic carbocycles. The van der Waals surface area contributed by atoms with Crippen molar-refractivity contribution in [2.45, 2.75) is 63.6 Å². The van der Waals surface area contributed by atoms with Gasteiger partial charge in [-0.3, -0.25) is 4.79 Å². The quantitative estimate of drug-likeness (QED) is 0.670. The predicted molar refractivity (Wildman–Crippen MR) is 78.2 cm³/mol. The molecule has 2 aliphatic heterocycles. The molecule has 0 N–H and O–H groups in total. The highest BCUT2D eigenvalue weighted by molar-refractivity contribution is 5.70. The summed E-state index contributed by atoms with van der Waals surface area (Å²) in [4.78, 5) is 13.8. The summed E-state index contributed by atoms with van der Waals surface area (Å²) in [6, 6.07) is -0.176. The largest absolute Gasteiger partial charge is 0.466 e. The topological polar surface area (TPSA) is 66.5 Å². The molecule has 22 heavy (non-hydrogen) atoms. The normalized spacial score (nSPS) is 34.7. The van der Waals surface area contributed by atoms with Crippen LogP contribution in [0.2, 0.25) is 0 Å². The lowest BCUT2D eigenvalue weighted by atomic mass is 9.99. The number of nitrogens with zero attached hydrogens (tertiary/aromatic N) is 1. The Balaban J connectivity index is 2.10. The first-order valence-corrected chi connectivity index (χ1v) is 7.65. The van der Waals surface area contributed by atoms with Gasteiger partial charge >= 0.3 is 5.97 Å². The van der Waals surface area contributed by atoms with Gasteiger partial charge in [-0.25, -0.2) is 0 Å². The Hall–Kier alpha value is -0.730. The maximum atomic E-state index is 11.9. The lowest BCUT2D eigenvalue weighted by molar-refractivity contribution is -0.223. The summed E-state index contributed by atoms with van der Waals surface area (Å²) in [6.45, 7) is 5.85. The van der Waals surface area contributed by atoms with Gasteiger partial charge in [0.2, 0.25) is 0 Å². The van der Waals surface area contributed by atoms with Crippen LogP contribution in [0.1, 0.15) is 27.2 Å². The van der Waals surface area contributed by atoms with E-state index in [-0.39, 0.29) is 36.7 Å². The molecule has 0 radical (unpaired) electrons. The van der Waals surface area contributed by atoms with E-state index in [4.69, 9.17) is 23.7 Å². The minimum atomic E-state index is -0.689. The Morgan fingerprint density at radius 1 is 1.32 bits per heavy atom. The van der Waals surface area contributed by atoms with E-state index in [1.165, 1.54) is 0 Å². The van der Waals surface area contributed by atoms with Gasteiger partial charge in [0.15, 0.2) is 12.1 Å². The number of esters is 1. The zero-order valence-corrected chi connectivity index (χ0v) is 14.2. The molecule has 0 spiro atoms.